The van der Waals surface area contributed by atoms with Gasteiger partial charge in [-0.1, -0.05) is 46.4 Å². The number of piperidine rings is 2. The molecule has 3 amide bonds. The van der Waals surface area contributed by atoms with Crippen LogP contribution in [0.1, 0.15) is 37.7 Å². The lowest BCUT2D eigenvalue weighted by Gasteiger charge is -2.34. The Morgan fingerprint density at radius 3 is 1.92 bits per heavy atom. The van der Waals surface area contributed by atoms with Gasteiger partial charge >= 0.3 is 0 Å². The highest BCUT2D eigenvalue weighted by Gasteiger charge is 2.26. The third-order valence-corrected chi connectivity index (χ3v) is 9.22. The van der Waals surface area contributed by atoms with E-state index in [1.807, 2.05) is 4.90 Å². The van der Waals surface area contributed by atoms with Crippen molar-refractivity contribution in [1.29, 1.82) is 0 Å². The average Bonchev–Trinajstić information content (AvgIpc) is 3.06. The predicted molar refractivity (Wildman–Crippen MR) is 196 cm³/mol. The monoisotopic (exact) mass is 749 g/mol. The van der Waals surface area contributed by atoms with Crippen molar-refractivity contribution in [3.63, 3.8) is 0 Å². The Balaban J connectivity index is 0.000000212. The van der Waals surface area contributed by atoms with Crippen molar-refractivity contribution in [3.8, 4) is 0 Å². The van der Waals surface area contributed by atoms with Crippen LogP contribution >= 0.6 is 46.4 Å². The Labute approximate surface area is 305 Å². The largest absolute Gasteiger partial charge is 0.376 e. The summed E-state index contributed by atoms with van der Waals surface area (Å²) in [5.41, 5.74) is 8.23. The Morgan fingerprint density at radius 2 is 1.35 bits per heavy atom. The van der Waals surface area contributed by atoms with Crippen LogP contribution in [-0.4, -0.2) is 88.8 Å². The Morgan fingerprint density at radius 1 is 0.796 bits per heavy atom. The molecule has 0 bridgehead atoms. The van der Waals surface area contributed by atoms with E-state index >= 15 is 0 Å². The number of carbonyl (C=O) groups excluding carboxylic acids is 3. The molecular formula is C33H39Cl4N9O3. The summed E-state index contributed by atoms with van der Waals surface area (Å²) in [6.07, 6.45) is 6.26. The number of aromatic nitrogens is 2. The summed E-state index contributed by atoms with van der Waals surface area (Å²) in [6, 6.07) is 10.4. The van der Waals surface area contributed by atoms with Gasteiger partial charge in [0.25, 0.3) is 0 Å². The van der Waals surface area contributed by atoms with Crippen molar-refractivity contribution in [2.75, 3.05) is 60.5 Å². The number of nitrogens with one attached hydrogen (secondary N) is 4. The highest BCUT2D eigenvalue weighted by atomic mass is 35.5. The molecule has 3 aromatic rings. The Hall–Kier alpha value is -3.55. The van der Waals surface area contributed by atoms with Crippen LogP contribution in [0.3, 0.4) is 0 Å². The molecule has 2 aromatic carbocycles. The van der Waals surface area contributed by atoms with Gasteiger partial charge in [-0.25, -0.2) is 9.97 Å². The maximum absolute atomic E-state index is 12.7. The number of nitrogens with two attached hydrogens (primary N) is 1. The summed E-state index contributed by atoms with van der Waals surface area (Å²) in [5.74, 6) is 1.32. The molecule has 49 heavy (non-hydrogen) atoms. The molecule has 0 saturated carbocycles. The van der Waals surface area contributed by atoms with E-state index in [9.17, 15) is 14.4 Å². The van der Waals surface area contributed by atoms with E-state index in [2.05, 4.69) is 31.2 Å². The van der Waals surface area contributed by atoms with Gasteiger partial charge in [0, 0.05) is 81.7 Å². The smallest absolute Gasteiger partial charge is 0.241 e. The fourth-order valence-electron chi connectivity index (χ4n) is 5.96. The number of anilines is 4. The summed E-state index contributed by atoms with van der Waals surface area (Å²) in [5, 5.41) is 14.5. The molecule has 6 rings (SSSR count). The van der Waals surface area contributed by atoms with Gasteiger partial charge in [-0.2, -0.15) is 0 Å². The number of benzene rings is 2. The molecule has 0 spiro atoms. The average molecular weight is 752 g/mol. The van der Waals surface area contributed by atoms with Gasteiger partial charge in [-0.15, -0.1) is 0 Å². The van der Waals surface area contributed by atoms with E-state index in [-0.39, 0.29) is 42.9 Å². The van der Waals surface area contributed by atoms with Crippen LogP contribution in [0.5, 0.6) is 0 Å². The zero-order valence-electron chi connectivity index (χ0n) is 26.8. The second-order valence-corrected chi connectivity index (χ2v) is 13.9. The van der Waals surface area contributed by atoms with E-state index in [1.54, 1.807) is 41.3 Å². The molecule has 262 valence electrons. The van der Waals surface area contributed by atoms with Crippen LogP contribution < -0.4 is 27.0 Å². The Kier molecular flexibility index (Phi) is 13.0. The maximum Gasteiger partial charge on any atom is 0.241 e. The quantitative estimate of drug-likeness (QED) is 0.200. The lowest BCUT2D eigenvalue weighted by Crippen LogP contribution is -2.47. The van der Waals surface area contributed by atoms with Crippen molar-refractivity contribution < 1.29 is 14.4 Å². The van der Waals surface area contributed by atoms with E-state index < -0.39 is 0 Å². The summed E-state index contributed by atoms with van der Waals surface area (Å²) in [6.45, 7) is 3.11. The molecule has 12 nitrogen and oxygen atoms in total. The van der Waals surface area contributed by atoms with Crippen LogP contribution in [-0.2, 0) is 20.8 Å². The number of carbonyl (C=O) groups is 3. The third-order valence-electron chi connectivity index (χ3n) is 8.34. The van der Waals surface area contributed by atoms with Crippen LogP contribution in [0.2, 0.25) is 20.1 Å². The van der Waals surface area contributed by atoms with Gasteiger partial charge in [0.2, 0.25) is 17.7 Å². The van der Waals surface area contributed by atoms with Gasteiger partial charge in [0.05, 0.1) is 13.1 Å². The normalized spacial score (nSPS) is 18.8. The lowest BCUT2D eigenvalue weighted by molar-refractivity contribution is -0.131. The van der Waals surface area contributed by atoms with Crippen LogP contribution in [0.4, 0.5) is 23.0 Å². The van der Waals surface area contributed by atoms with Gasteiger partial charge in [-0.05, 0) is 68.5 Å². The SMILES string of the molecule is N[C@H]1CCCN(C(=O)CNc2cc(Cl)cc(Cl)c2)C1.O=C1CCc2c(ncnc2N[C@H]2CCCN(C(=O)CNc3cc(Cl)cc(Cl)c3)C2)N1. The first-order valence-corrected chi connectivity index (χ1v) is 17.6. The highest BCUT2D eigenvalue weighted by molar-refractivity contribution is 6.35. The Bertz CT molecular complexity index is 1620. The van der Waals surface area contributed by atoms with Crippen molar-refractivity contribution in [1.82, 2.24) is 19.8 Å². The third kappa shape index (κ3) is 11.0. The molecule has 3 aliphatic heterocycles. The fraction of sp³-hybridized carbons (Fsp3) is 0.424. The second-order valence-electron chi connectivity index (χ2n) is 12.2. The topological polar surface area (TPSA) is 158 Å². The molecule has 0 aliphatic carbocycles. The molecule has 2 fully saturated rings. The van der Waals surface area contributed by atoms with E-state index in [0.29, 0.717) is 64.1 Å². The maximum atomic E-state index is 12.7. The first-order chi connectivity index (χ1) is 23.5. The van der Waals surface area contributed by atoms with Crippen molar-refractivity contribution >= 4 is 87.1 Å². The van der Waals surface area contributed by atoms with E-state index in [4.69, 9.17) is 52.1 Å². The minimum Gasteiger partial charge on any atom is -0.376 e. The molecule has 2 atom stereocenters. The predicted octanol–water partition coefficient (Wildman–Crippen LogP) is 5.54. The summed E-state index contributed by atoms with van der Waals surface area (Å²) < 4.78 is 0. The van der Waals surface area contributed by atoms with Gasteiger partial charge in [0.1, 0.15) is 18.0 Å². The highest BCUT2D eigenvalue weighted by Crippen LogP contribution is 2.28. The zero-order chi connectivity index (χ0) is 34.9. The molecule has 0 radical (unpaired) electrons. The van der Waals surface area contributed by atoms with E-state index in [1.165, 1.54) is 6.33 Å². The molecular weight excluding hydrogens is 712 g/mol. The summed E-state index contributed by atoms with van der Waals surface area (Å²) in [7, 11) is 0. The molecule has 1 aromatic heterocycles. The van der Waals surface area contributed by atoms with E-state index in [0.717, 1.165) is 49.3 Å². The summed E-state index contributed by atoms with van der Waals surface area (Å²) in [4.78, 5) is 48.5. The molecule has 6 N–H and O–H groups in total. The first-order valence-electron chi connectivity index (χ1n) is 16.1. The molecule has 3 aliphatic rings. The number of amides is 3. The standard InChI is InChI=1S/C20H22Cl2N6O2.C13H17Cl2N3O/c21-12-6-13(22)8-15(7-12)23-9-18(30)28-5-1-2-14(10-28)26-19-16-3-4-17(29)27-20(16)25-11-24-19;14-9-4-10(15)6-12(5-9)17-7-13(19)18-3-1-2-11(16)8-18/h6-8,11,14,23H,1-5,9-10H2,(H2,24,25,26,27,29);4-6,11,17H,1-3,7-8,16H2/t14-;11-/m00/s1. The second kappa shape index (κ2) is 17.4. The van der Waals surface area contributed by atoms with Crippen molar-refractivity contribution in [2.45, 2.75) is 50.6 Å². The van der Waals surface area contributed by atoms with Crippen molar-refractivity contribution in [2.24, 2.45) is 5.73 Å². The number of likely N-dealkylation sites (tertiary alicyclic amines) is 2. The zero-order valence-corrected chi connectivity index (χ0v) is 29.8. The van der Waals surface area contributed by atoms with Crippen LogP contribution in [0, 0.1) is 0 Å². The fourth-order valence-corrected chi connectivity index (χ4v) is 7.01. The van der Waals surface area contributed by atoms with Gasteiger partial charge < -0.3 is 36.8 Å². The van der Waals surface area contributed by atoms with Crippen LogP contribution in [0.15, 0.2) is 42.7 Å². The first kappa shape index (κ1) is 36.7. The molecule has 16 heteroatoms. The number of hydrogen-bond donors (Lipinski definition) is 5. The minimum atomic E-state index is -0.0323. The van der Waals surface area contributed by atoms with Crippen molar-refractivity contribution in [3.05, 3.63) is 68.4 Å². The minimum absolute atomic E-state index is 0.00887. The molecule has 0 unspecified atom stereocenters. The number of hydrogen-bond acceptors (Lipinski definition) is 9. The van der Waals surface area contributed by atoms with Gasteiger partial charge in [-0.3, -0.25) is 14.4 Å². The lowest BCUT2D eigenvalue weighted by atomic mass is 10.0. The number of halogens is 4. The number of nitrogens with zero attached hydrogens (tertiary/aromatic N) is 4. The number of fused-ring (bicyclic) bond motifs is 1. The number of rotatable bonds is 8. The summed E-state index contributed by atoms with van der Waals surface area (Å²) >= 11 is 23.8. The molecule has 2 saturated heterocycles. The van der Waals surface area contributed by atoms with Crippen LogP contribution in [0.25, 0.3) is 0 Å². The molecule has 4 heterocycles. The van der Waals surface area contributed by atoms with Gasteiger partial charge in [0.15, 0.2) is 0 Å².